The second-order valence-electron chi connectivity index (χ2n) is 7.10. The van der Waals surface area contributed by atoms with Gasteiger partial charge in [-0.15, -0.1) is 36.6 Å². The third kappa shape index (κ3) is 4.96. The average molecular weight is 426 g/mol. The Bertz CT molecular complexity index is 743. The first-order valence-electron chi connectivity index (χ1n) is 8.89. The van der Waals surface area contributed by atoms with E-state index in [0.717, 1.165) is 24.3 Å². The summed E-state index contributed by atoms with van der Waals surface area (Å²) in [6.45, 7) is 0. The summed E-state index contributed by atoms with van der Waals surface area (Å²) in [6.07, 6.45) is 7.15. The number of carbonyl (C=O) groups excluding carboxylic acids is 1. The first-order valence-corrected chi connectivity index (χ1v) is 9.87. The summed E-state index contributed by atoms with van der Waals surface area (Å²) in [6, 6.07) is 12.1. The number of aromatic nitrogens is 1. The zero-order valence-corrected chi connectivity index (χ0v) is 17.4. The Kier molecular flexibility index (Phi) is 7.98. The first kappa shape index (κ1) is 22.0. The lowest BCUT2D eigenvalue weighted by molar-refractivity contribution is -0.121. The van der Waals surface area contributed by atoms with Crippen LogP contribution in [0.4, 0.5) is 5.69 Å². The van der Waals surface area contributed by atoms with Crippen LogP contribution in [0, 0.1) is 17.8 Å². The molecular formula is C20H25Cl2N3OS. The summed E-state index contributed by atoms with van der Waals surface area (Å²) in [5, 5.41) is 3.06. The minimum Gasteiger partial charge on any atom is -0.327 e. The number of pyridine rings is 1. The first-order chi connectivity index (χ1) is 12.2. The standard InChI is InChI=1S/C20H23N3OS.2ClH/c21-19-15-4-3-14(10-15)18(19)20(24)23-16-5-7-17(8-6-16)25-12-13-2-1-9-22-11-13;;/h1-2,5-9,11,14-15,18-19H,3-4,10,12,21H2,(H,23,24);2*1H. The predicted octanol–water partition coefficient (Wildman–Crippen LogP) is 4.53. The number of nitrogens with zero attached hydrogens (tertiary/aromatic N) is 1. The van der Waals surface area contributed by atoms with Gasteiger partial charge in [0, 0.05) is 34.8 Å². The van der Waals surface area contributed by atoms with Crippen molar-refractivity contribution in [2.24, 2.45) is 23.5 Å². The fraction of sp³-hybridized carbons (Fsp3) is 0.400. The number of nitrogens with two attached hydrogens (primary N) is 1. The maximum Gasteiger partial charge on any atom is 0.229 e. The van der Waals surface area contributed by atoms with Crippen molar-refractivity contribution in [1.82, 2.24) is 4.98 Å². The number of amides is 1. The number of halogens is 2. The van der Waals surface area contributed by atoms with Gasteiger partial charge in [-0.1, -0.05) is 6.07 Å². The summed E-state index contributed by atoms with van der Waals surface area (Å²) in [5.74, 6) is 2.00. The van der Waals surface area contributed by atoms with E-state index in [1.54, 1.807) is 18.0 Å². The van der Waals surface area contributed by atoms with E-state index in [0.29, 0.717) is 11.8 Å². The Morgan fingerprint density at radius 3 is 2.52 bits per heavy atom. The number of fused-ring (bicyclic) bond motifs is 2. The second-order valence-corrected chi connectivity index (χ2v) is 8.15. The largest absolute Gasteiger partial charge is 0.327 e. The van der Waals surface area contributed by atoms with Gasteiger partial charge in [0.25, 0.3) is 0 Å². The molecule has 4 nitrogen and oxygen atoms in total. The molecule has 27 heavy (non-hydrogen) atoms. The molecule has 7 heteroatoms. The minimum atomic E-state index is -0.0154. The summed E-state index contributed by atoms with van der Waals surface area (Å²) < 4.78 is 0. The highest BCUT2D eigenvalue weighted by Gasteiger charge is 2.49. The molecule has 1 amide bonds. The van der Waals surface area contributed by atoms with Crippen molar-refractivity contribution < 1.29 is 4.79 Å². The van der Waals surface area contributed by atoms with E-state index < -0.39 is 0 Å². The zero-order chi connectivity index (χ0) is 17.2. The summed E-state index contributed by atoms with van der Waals surface area (Å²) >= 11 is 1.76. The van der Waals surface area contributed by atoms with Gasteiger partial charge in [-0.25, -0.2) is 0 Å². The molecule has 4 rings (SSSR count). The van der Waals surface area contributed by atoms with Gasteiger partial charge in [0.05, 0.1) is 5.92 Å². The number of thioether (sulfide) groups is 1. The van der Waals surface area contributed by atoms with Crippen molar-refractivity contribution in [2.45, 2.75) is 36.0 Å². The molecule has 0 saturated heterocycles. The Labute approximate surface area is 176 Å². The Hall–Kier alpha value is -1.27. The zero-order valence-electron chi connectivity index (χ0n) is 14.9. The normalized spacial score (nSPS) is 25.4. The van der Waals surface area contributed by atoms with Crippen LogP contribution in [0.5, 0.6) is 0 Å². The molecule has 4 atom stereocenters. The quantitative estimate of drug-likeness (QED) is 0.690. The van der Waals surface area contributed by atoms with Crippen LogP contribution in [-0.4, -0.2) is 16.9 Å². The number of anilines is 1. The van der Waals surface area contributed by atoms with Gasteiger partial charge in [0.2, 0.25) is 5.91 Å². The van der Waals surface area contributed by atoms with E-state index >= 15 is 0 Å². The van der Waals surface area contributed by atoms with Crippen LogP contribution in [0.25, 0.3) is 0 Å². The molecule has 2 aliphatic rings. The van der Waals surface area contributed by atoms with Gasteiger partial charge in [-0.2, -0.15) is 0 Å². The van der Waals surface area contributed by atoms with Crippen LogP contribution in [0.2, 0.25) is 0 Å². The van der Waals surface area contributed by atoms with E-state index in [4.69, 9.17) is 5.73 Å². The summed E-state index contributed by atoms with van der Waals surface area (Å²) in [5.41, 5.74) is 8.32. The number of hydrogen-bond acceptors (Lipinski definition) is 4. The van der Waals surface area contributed by atoms with Gasteiger partial charge in [0.15, 0.2) is 0 Å². The van der Waals surface area contributed by atoms with E-state index in [1.165, 1.54) is 16.9 Å². The van der Waals surface area contributed by atoms with Crippen molar-refractivity contribution in [2.75, 3.05) is 5.32 Å². The molecule has 1 aromatic heterocycles. The monoisotopic (exact) mass is 425 g/mol. The van der Waals surface area contributed by atoms with E-state index in [1.807, 2.05) is 24.4 Å². The molecule has 2 saturated carbocycles. The smallest absolute Gasteiger partial charge is 0.229 e. The lowest BCUT2D eigenvalue weighted by Gasteiger charge is -2.27. The molecule has 4 unspecified atom stereocenters. The van der Waals surface area contributed by atoms with Crippen molar-refractivity contribution >= 4 is 48.2 Å². The van der Waals surface area contributed by atoms with Crippen LogP contribution >= 0.6 is 36.6 Å². The van der Waals surface area contributed by atoms with Gasteiger partial charge >= 0.3 is 0 Å². The summed E-state index contributed by atoms with van der Waals surface area (Å²) in [7, 11) is 0. The molecule has 0 spiro atoms. The number of carbonyl (C=O) groups is 1. The van der Waals surface area contributed by atoms with Crippen molar-refractivity contribution in [3.8, 4) is 0 Å². The molecule has 1 aromatic carbocycles. The molecule has 2 aromatic rings. The van der Waals surface area contributed by atoms with Crippen molar-refractivity contribution in [3.05, 3.63) is 54.4 Å². The van der Waals surface area contributed by atoms with E-state index in [2.05, 4.69) is 28.5 Å². The Morgan fingerprint density at radius 1 is 1.15 bits per heavy atom. The third-order valence-electron chi connectivity index (χ3n) is 5.53. The molecule has 3 N–H and O–H groups in total. The topological polar surface area (TPSA) is 68.0 Å². The fourth-order valence-electron chi connectivity index (χ4n) is 4.24. The lowest BCUT2D eigenvalue weighted by atomic mass is 9.84. The van der Waals surface area contributed by atoms with Crippen molar-refractivity contribution in [3.63, 3.8) is 0 Å². The average Bonchev–Trinajstić information content (AvgIpc) is 3.23. The molecule has 0 aliphatic heterocycles. The number of rotatable bonds is 5. The van der Waals surface area contributed by atoms with Gasteiger partial charge in [0.1, 0.15) is 0 Å². The highest BCUT2D eigenvalue weighted by Crippen LogP contribution is 2.47. The highest BCUT2D eigenvalue weighted by atomic mass is 35.5. The molecule has 0 radical (unpaired) electrons. The molecule has 2 bridgehead atoms. The SMILES string of the molecule is Cl.Cl.NC1C2CCC(C2)C1C(=O)Nc1ccc(SCc2cccnc2)cc1. The van der Waals surface area contributed by atoms with Crippen LogP contribution in [-0.2, 0) is 10.5 Å². The number of benzene rings is 1. The van der Waals surface area contributed by atoms with Crippen molar-refractivity contribution in [1.29, 1.82) is 0 Å². The van der Waals surface area contributed by atoms with Crippen LogP contribution in [0.15, 0.2) is 53.7 Å². The Balaban J connectivity index is 0.00000131. The maximum atomic E-state index is 12.6. The van der Waals surface area contributed by atoms with E-state index in [9.17, 15) is 4.79 Å². The molecular weight excluding hydrogens is 401 g/mol. The fourth-order valence-corrected chi connectivity index (χ4v) is 5.07. The molecule has 1 heterocycles. The van der Waals surface area contributed by atoms with Crippen LogP contribution < -0.4 is 11.1 Å². The van der Waals surface area contributed by atoms with Crippen LogP contribution in [0.1, 0.15) is 24.8 Å². The van der Waals surface area contributed by atoms with Crippen LogP contribution in [0.3, 0.4) is 0 Å². The highest BCUT2D eigenvalue weighted by molar-refractivity contribution is 7.98. The van der Waals surface area contributed by atoms with Gasteiger partial charge in [-0.3, -0.25) is 9.78 Å². The van der Waals surface area contributed by atoms with E-state index in [-0.39, 0.29) is 42.7 Å². The lowest BCUT2D eigenvalue weighted by Crippen LogP contribution is -2.42. The van der Waals surface area contributed by atoms with Gasteiger partial charge in [-0.05, 0) is 67.0 Å². The summed E-state index contributed by atoms with van der Waals surface area (Å²) in [4.78, 5) is 17.9. The molecule has 146 valence electrons. The maximum absolute atomic E-state index is 12.6. The third-order valence-corrected chi connectivity index (χ3v) is 6.62. The predicted molar refractivity (Wildman–Crippen MR) is 116 cm³/mol. The molecule has 2 fully saturated rings. The Morgan fingerprint density at radius 2 is 1.89 bits per heavy atom. The number of hydrogen-bond donors (Lipinski definition) is 2. The molecule has 2 aliphatic carbocycles. The minimum absolute atomic E-state index is 0. The number of nitrogens with one attached hydrogen (secondary N) is 1. The van der Waals surface area contributed by atoms with Gasteiger partial charge < -0.3 is 11.1 Å². The second kappa shape index (κ2) is 9.78.